The number of nitrogens with one attached hydrogen (secondary N) is 1. The molecule has 3 N–H and O–H groups in total. The molecule has 0 aliphatic heterocycles. The van der Waals surface area contributed by atoms with Gasteiger partial charge in [0, 0.05) is 20.7 Å². The fourth-order valence-electron chi connectivity index (χ4n) is 7.93. The van der Waals surface area contributed by atoms with Crippen LogP contribution in [-0.2, 0) is 9.59 Å². The van der Waals surface area contributed by atoms with Gasteiger partial charge in [-0.25, -0.2) is 4.98 Å². The van der Waals surface area contributed by atoms with Gasteiger partial charge in [0.2, 0.25) is 0 Å². The summed E-state index contributed by atoms with van der Waals surface area (Å²) >= 11 is 2.21. The van der Waals surface area contributed by atoms with E-state index < -0.39 is 23.0 Å². The predicted octanol–water partition coefficient (Wildman–Crippen LogP) is 3.99. The molecule has 1 amide bonds. The molecule has 8 atom stereocenters. The Morgan fingerprint density at radius 2 is 1.97 bits per heavy atom. The topological polar surface area (TPSA) is 112 Å². The van der Waals surface area contributed by atoms with E-state index in [9.17, 15) is 19.8 Å². The van der Waals surface area contributed by atoms with Gasteiger partial charge < -0.3 is 15.5 Å². The summed E-state index contributed by atoms with van der Waals surface area (Å²) < 4.78 is -0.322. The van der Waals surface area contributed by atoms with Crippen molar-refractivity contribution in [2.45, 2.75) is 55.2 Å². The first-order valence-electron chi connectivity index (χ1n) is 12.6. The molecule has 3 fully saturated rings. The number of hydrogen-bond donors (Lipinski definition) is 3. The number of para-hydroxylation sites is 2. The molecular formula is C28H30IN3O4. The first-order chi connectivity index (χ1) is 17.1. The van der Waals surface area contributed by atoms with Gasteiger partial charge in [-0.3, -0.25) is 14.6 Å². The van der Waals surface area contributed by atoms with Gasteiger partial charge in [-0.05, 0) is 61.8 Å². The van der Waals surface area contributed by atoms with Crippen molar-refractivity contribution in [1.29, 1.82) is 0 Å². The van der Waals surface area contributed by atoms with Gasteiger partial charge in [0.05, 0.1) is 23.3 Å². The maximum absolute atomic E-state index is 13.8. The summed E-state index contributed by atoms with van der Waals surface area (Å²) in [5, 5.41) is 26.6. The smallest absolute Gasteiger partial charge is 0.259 e. The number of aliphatic hydroxyl groups excluding tert-OH is 1. The normalized spacial score (nSPS) is 41.3. The number of amides is 1. The quantitative estimate of drug-likeness (QED) is 0.356. The molecule has 1 heterocycles. The van der Waals surface area contributed by atoms with E-state index in [4.69, 9.17) is 0 Å². The van der Waals surface area contributed by atoms with Crippen LogP contribution in [0, 0.1) is 28.6 Å². The third-order valence-corrected chi connectivity index (χ3v) is 11.1. The number of halogens is 1. The number of hydrogen-bond acceptors (Lipinski definition) is 6. The van der Waals surface area contributed by atoms with Crippen LogP contribution in [0.2, 0.25) is 0 Å². The highest BCUT2D eigenvalue weighted by Crippen LogP contribution is 2.68. The molecule has 0 bridgehead atoms. The molecule has 2 aromatic rings. The number of ketones is 1. The SMILES string of the molecule is CC12C=CC(=O)C=C1CCC1C2[C@@H](O)CC2(C)C1C[C@@H](I)[C@]2(O)C(=O)Nc1cnc2ccccc2n1. The zero-order valence-electron chi connectivity index (χ0n) is 20.3. The Kier molecular flexibility index (Phi) is 5.48. The van der Waals surface area contributed by atoms with Gasteiger partial charge in [0.1, 0.15) is 0 Å². The summed E-state index contributed by atoms with van der Waals surface area (Å²) in [5.41, 5.74) is -0.383. The molecule has 4 aliphatic carbocycles. The Balaban J connectivity index is 1.33. The fraction of sp³-hybridized carbons (Fsp3) is 0.500. The van der Waals surface area contributed by atoms with Crippen LogP contribution in [-0.4, -0.2) is 47.5 Å². The Hall–Kier alpha value is -2.17. The molecule has 5 unspecified atom stereocenters. The average molecular weight is 599 g/mol. The molecule has 3 saturated carbocycles. The van der Waals surface area contributed by atoms with E-state index in [2.05, 4.69) is 44.8 Å². The summed E-state index contributed by atoms with van der Waals surface area (Å²) in [6.07, 6.45) is 8.77. The monoisotopic (exact) mass is 599 g/mol. The molecule has 1 aromatic carbocycles. The van der Waals surface area contributed by atoms with Crippen LogP contribution >= 0.6 is 22.6 Å². The zero-order chi connectivity index (χ0) is 25.5. The van der Waals surface area contributed by atoms with E-state index in [1.54, 1.807) is 12.2 Å². The number of allylic oxidation sites excluding steroid dienone is 4. The fourth-order valence-corrected chi connectivity index (χ4v) is 9.47. The van der Waals surface area contributed by atoms with Crippen molar-refractivity contribution in [3.63, 3.8) is 0 Å². The maximum Gasteiger partial charge on any atom is 0.259 e. The van der Waals surface area contributed by atoms with Crippen LogP contribution in [0.1, 0.15) is 39.5 Å². The van der Waals surface area contributed by atoms with Crippen LogP contribution in [0.5, 0.6) is 0 Å². The summed E-state index contributed by atoms with van der Waals surface area (Å²) in [4.78, 5) is 34.7. The number of aliphatic hydroxyl groups is 2. The van der Waals surface area contributed by atoms with E-state index in [0.29, 0.717) is 24.2 Å². The molecule has 6 rings (SSSR count). The predicted molar refractivity (Wildman–Crippen MR) is 144 cm³/mol. The average Bonchev–Trinajstić information content (AvgIpc) is 3.05. The second kappa shape index (κ2) is 8.16. The number of carbonyl (C=O) groups is 2. The van der Waals surface area contributed by atoms with Crippen LogP contribution in [0.3, 0.4) is 0 Å². The third kappa shape index (κ3) is 3.23. The first kappa shape index (κ1) is 24.2. The lowest BCUT2D eigenvalue weighted by atomic mass is 9.46. The number of benzene rings is 1. The van der Waals surface area contributed by atoms with Crippen molar-refractivity contribution in [2.24, 2.45) is 28.6 Å². The van der Waals surface area contributed by atoms with Gasteiger partial charge in [-0.15, -0.1) is 0 Å². The molecule has 188 valence electrons. The highest BCUT2D eigenvalue weighted by Gasteiger charge is 2.71. The van der Waals surface area contributed by atoms with Crippen LogP contribution in [0.4, 0.5) is 5.82 Å². The minimum Gasteiger partial charge on any atom is -0.393 e. The lowest BCUT2D eigenvalue weighted by Crippen LogP contribution is -2.63. The van der Waals surface area contributed by atoms with Crippen molar-refractivity contribution in [1.82, 2.24) is 9.97 Å². The molecule has 4 aliphatic rings. The second-order valence-electron chi connectivity index (χ2n) is 11.4. The lowest BCUT2D eigenvalue weighted by Gasteiger charge is -2.59. The highest BCUT2D eigenvalue weighted by atomic mass is 127. The van der Waals surface area contributed by atoms with Crippen molar-refractivity contribution in [3.05, 3.63) is 54.3 Å². The Bertz CT molecular complexity index is 1340. The summed E-state index contributed by atoms with van der Waals surface area (Å²) in [6, 6.07) is 7.43. The van der Waals surface area contributed by atoms with Gasteiger partial charge in [-0.1, -0.05) is 60.2 Å². The van der Waals surface area contributed by atoms with Gasteiger partial charge in [0.25, 0.3) is 5.91 Å². The highest BCUT2D eigenvalue weighted by molar-refractivity contribution is 14.1. The van der Waals surface area contributed by atoms with E-state index in [1.807, 2.05) is 37.3 Å². The summed E-state index contributed by atoms with van der Waals surface area (Å²) in [7, 11) is 0. The van der Waals surface area contributed by atoms with Crippen molar-refractivity contribution in [2.75, 3.05) is 5.32 Å². The van der Waals surface area contributed by atoms with Crippen LogP contribution in [0.25, 0.3) is 11.0 Å². The minimum absolute atomic E-state index is 0.00657. The number of nitrogens with zero attached hydrogens (tertiary/aromatic N) is 2. The number of carbonyl (C=O) groups excluding carboxylic acids is 2. The first-order valence-corrected chi connectivity index (χ1v) is 13.8. The van der Waals surface area contributed by atoms with Gasteiger partial charge in [-0.2, -0.15) is 0 Å². The molecule has 1 aromatic heterocycles. The molecule has 0 saturated heterocycles. The number of rotatable bonds is 2. The van der Waals surface area contributed by atoms with Gasteiger partial charge >= 0.3 is 0 Å². The van der Waals surface area contributed by atoms with Crippen molar-refractivity contribution >= 4 is 51.1 Å². The van der Waals surface area contributed by atoms with Crippen molar-refractivity contribution < 1.29 is 19.8 Å². The Labute approximate surface area is 223 Å². The number of fused-ring (bicyclic) bond motifs is 6. The van der Waals surface area contributed by atoms with E-state index in [-0.39, 0.29) is 32.9 Å². The molecule has 7 nitrogen and oxygen atoms in total. The van der Waals surface area contributed by atoms with E-state index >= 15 is 0 Å². The molecule has 36 heavy (non-hydrogen) atoms. The largest absolute Gasteiger partial charge is 0.393 e. The molecule has 0 spiro atoms. The maximum atomic E-state index is 13.8. The van der Waals surface area contributed by atoms with Crippen LogP contribution in [0.15, 0.2) is 54.3 Å². The Morgan fingerprint density at radius 3 is 2.75 bits per heavy atom. The standard InChI is InChI=1S/C28H30IN3O4/c1-26-10-9-16(33)11-15(26)7-8-17-18-12-22(29)28(36,27(18,2)13-21(34)24(17)26)25(35)32-23-14-30-19-5-3-4-6-20(19)31-23/h3-6,9-11,14,17-18,21-22,24,34,36H,7-8,12-13H2,1-2H3,(H,31,32,35)/t17?,18?,21-,22+,24?,26?,27?,28-/m0/s1. The van der Waals surface area contributed by atoms with Crippen LogP contribution < -0.4 is 5.32 Å². The molecular weight excluding hydrogens is 569 g/mol. The third-order valence-electron chi connectivity index (χ3n) is 9.71. The minimum atomic E-state index is -1.67. The number of alkyl halides is 1. The Morgan fingerprint density at radius 1 is 1.22 bits per heavy atom. The van der Waals surface area contributed by atoms with E-state index in [1.165, 1.54) is 6.20 Å². The van der Waals surface area contributed by atoms with Gasteiger partial charge in [0.15, 0.2) is 17.2 Å². The molecule has 8 heteroatoms. The summed E-state index contributed by atoms with van der Waals surface area (Å²) in [5.74, 6) is -0.0387. The number of aromatic nitrogens is 2. The zero-order valence-corrected chi connectivity index (χ0v) is 22.5. The van der Waals surface area contributed by atoms with Crippen molar-refractivity contribution in [3.8, 4) is 0 Å². The summed E-state index contributed by atoms with van der Waals surface area (Å²) in [6.45, 7) is 4.09. The van der Waals surface area contributed by atoms with E-state index in [0.717, 1.165) is 23.9 Å². The molecule has 0 radical (unpaired) electrons. The lowest BCUT2D eigenvalue weighted by molar-refractivity contribution is -0.173. The second-order valence-corrected chi connectivity index (χ2v) is 12.9. The number of anilines is 1.